The molecule has 6 heteroatoms. The quantitative estimate of drug-likeness (QED) is 0.864. The van der Waals surface area contributed by atoms with E-state index in [0.717, 1.165) is 42.6 Å². The van der Waals surface area contributed by atoms with Gasteiger partial charge in [0.2, 0.25) is 0 Å². The van der Waals surface area contributed by atoms with Crippen LogP contribution in [-0.2, 0) is 9.47 Å². The molecule has 20 heavy (non-hydrogen) atoms. The fraction of sp³-hybridized carbons (Fsp3) is 0.571. The van der Waals surface area contributed by atoms with E-state index in [4.69, 9.17) is 15.2 Å². The number of nitrogens with two attached hydrogens (primary N) is 1. The molecule has 1 aliphatic rings. The minimum atomic E-state index is -0.498. The maximum absolute atomic E-state index is 12.1. The number of carbonyl (C=O) groups is 2. The van der Waals surface area contributed by atoms with Crippen LogP contribution in [0, 0.1) is 0 Å². The van der Waals surface area contributed by atoms with E-state index in [0.29, 0.717) is 22.0 Å². The third kappa shape index (κ3) is 2.65. The standard InChI is InChI=1S/C14H19NO4S/c1-3-19-14(17)11-9(8-6-4-5-7-8)10(15)12(20-11)13(16)18-2/h8H,3-7,15H2,1-2H3. The molecule has 5 nitrogen and oxygen atoms in total. The number of anilines is 1. The summed E-state index contributed by atoms with van der Waals surface area (Å²) in [5.41, 5.74) is 7.27. The van der Waals surface area contributed by atoms with Gasteiger partial charge in [0.25, 0.3) is 0 Å². The summed E-state index contributed by atoms with van der Waals surface area (Å²) in [6, 6.07) is 0. The van der Waals surface area contributed by atoms with Crippen LogP contribution in [-0.4, -0.2) is 25.7 Å². The molecule has 0 amide bonds. The summed E-state index contributed by atoms with van der Waals surface area (Å²) in [7, 11) is 1.31. The molecule has 1 aromatic heterocycles. The number of thiophene rings is 1. The normalized spacial score (nSPS) is 15.3. The van der Waals surface area contributed by atoms with Gasteiger partial charge in [-0.15, -0.1) is 11.3 Å². The second kappa shape index (κ2) is 6.26. The minimum absolute atomic E-state index is 0.240. The van der Waals surface area contributed by atoms with Crippen molar-refractivity contribution in [2.45, 2.75) is 38.5 Å². The van der Waals surface area contributed by atoms with E-state index in [9.17, 15) is 9.59 Å². The van der Waals surface area contributed by atoms with Gasteiger partial charge < -0.3 is 15.2 Å². The van der Waals surface area contributed by atoms with Gasteiger partial charge in [-0.1, -0.05) is 12.8 Å². The zero-order valence-corrected chi connectivity index (χ0v) is 12.5. The van der Waals surface area contributed by atoms with Crippen molar-refractivity contribution < 1.29 is 19.1 Å². The molecule has 2 N–H and O–H groups in total. The van der Waals surface area contributed by atoms with E-state index in [-0.39, 0.29) is 5.92 Å². The molecule has 0 atom stereocenters. The van der Waals surface area contributed by atoms with Gasteiger partial charge in [-0.25, -0.2) is 9.59 Å². The van der Waals surface area contributed by atoms with Crippen LogP contribution in [0.15, 0.2) is 0 Å². The number of methoxy groups -OCH3 is 1. The van der Waals surface area contributed by atoms with Crippen LogP contribution >= 0.6 is 11.3 Å². The van der Waals surface area contributed by atoms with Crippen molar-refractivity contribution in [3.8, 4) is 0 Å². The van der Waals surface area contributed by atoms with Crippen molar-refractivity contribution in [3.05, 3.63) is 15.3 Å². The van der Waals surface area contributed by atoms with Gasteiger partial charge in [0.15, 0.2) is 0 Å². The number of esters is 2. The topological polar surface area (TPSA) is 78.6 Å². The number of ether oxygens (including phenoxy) is 2. The van der Waals surface area contributed by atoms with Gasteiger partial charge in [0.05, 0.1) is 19.4 Å². The van der Waals surface area contributed by atoms with Crippen LogP contribution < -0.4 is 5.73 Å². The third-order valence-corrected chi connectivity index (χ3v) is 4.76. The number of rotatable bonds is 4. The first kappa shape index (κ1) is 14.8. The summed E-state index contributed by atoms with van der Waals surface area (Å²) in [5, 5.41) is 0. The molecule has 1 aliphatic carbocycles. The fourth-order valence-corrected chi connectivity index (χ4v) is 3.79. The average Bonchev–Trinajstić information content (AvgIpc) is 3.05. The Balaban J connectivity index is 2.47. The second-order valence-corrected chi connectivity index (χ2v) is 5.80. The Morgan fingerprint density at radius 1 is 1.25 bits per heavy atom. The van der Waals surface area contributed by atoms with Crippen molar-refractivity contribution in [2.24, 2.45) is 0 Å². The molecule has 1 heterocycles. The van der Waals surface area contributed by atoms with Gasteiger partial charge in [0.1, 0.15) is 9.75 Å². The van der Waals surface area contributed by atoms with Gasteiger partial charge in [-0.05, 0) is 25.7 Å². The zero-order valence-electron chi connectivity index (χ0n) is 11.7. The summed E-state index contributed by atoms with van der Waals surface area (Å²) in [6.45, 7) is 2.06. The molecule has 0 bridgehead atoms. The highest BCUT2D eigenvalue weighted by atomic mass is 32.1. The van der Waals surface area contributed by atoms with Gasteiger partial charge in [-0.2, -0.15) is 0 Å². The lowest BCUT2D eigenvalue weighted by Crippen LogP contribution is -2.08. The van der Waals surface area contributed by atoms with E-state index in [2.05, 4.69) is 0 Å². The first-order valence-electron chi connectivity index (χ1n) is 6.77. The zero-order chi connectivity index (χ0) is 14.7. The van der Waals surface area contributed by atoms with Gasteiger partial charge in [0, 0.05) is 5.56 Å². The summed E-state index contributed by atoms with van der Waals surface area (Å²) < 4.78 is 9.80. The molecule has 0 unspecified atom stereocenters. The predicted octanol–water partition coefficient (Wildman–Crippen LogP) is 2.95. The molecule has 0 radical (unpaired) electrons. The fourth-order valence-electron chi connectivity index (χ4n) is 2.67. The van der Waals surface area contributed by atoms with Crippen LogP contribution in [0.2, 0.25) is 0 Å². The minimum Gasteiger partial charge on any atom is -0.465 e. The molecule has 0 aliphatic heterocycles. The van der Waals surface area contributed by atoms with E-state index in [1.807, 2.05) is 0 Å². The lowest BCUT2D eigenvalue weighted by Gasteiger charge is -2.11. The summed E-state index contributed by atoms with van der Waals surface area (Å²) in [6.07, 6.45) is 4.23. The number of hydrogen-bond donors (Lipinski definition) is 1. The molecular weight excluding hydrogens is 278 g/mol. The summed E-state index contributed by atoms with van der Waals surface area (Å²) in [5.74, 6) is -0.660. The lowest BCUT2D eigenvalue weighted by atomic mass is 9.96. The molecule has 1 fully saturated rings. The van der Waals surface area contributed by atoms with Crippen molar-refractivity contribution in [1.82, 2.24) is 0 Å². The van der Waals surface area contributed by atoms with Crippen molar-refractivity contribution in [1.29, 1.82) is 0 Å². The molecular formula is C14H19NO4S. The maximum Gasteiger partial charge on any atom is 0.350 e. The Morgan fingerprint density at radius 2 is 1.90 bits per heavy atom. The van der Waals surface area contributed by atoms with E-state index in [1.165, 1.54) is 7.11 Å². The van der Waals surface area contributed by atoms with Crippen LogP contribution in [0.5, 0.6) is 0 Å². The Bertz CT molecular complexity index is 517. The molecule has 110 valence electrons. The average molecular weight is 297 g/mol. The summed E-state index contributed by atoms with van der Waals surface area (Å²) >= 11 is 1.08. The number of nitrogen functional groups attached to an aromatic ring is 1. The number of hydrogen-bond acceptors (Lipinski definition) is 6. The molecule has 0 spiro atoms. The predicted molar refractivity (Wildman–Crippen MR) is 77.2 cm³/mol. The Kier molecular flexibility index (Phi) is 4.65. The monoisotopic (exact) mass is 297 g/mol. The second-order valence-electron chi connectivity index (χ2n) is 4.78. The van der Waals surface area contributed by atoms with Crippen LogP contribution in [0.25, 0.3) is 0 Å². The van der Waals surface area contributed by atoms with E-state index >= 15 is 0 Å². The van der Waals surface area contributed by atoms with Crippen LogP contribution in [0.1, 0.15) is 63.4 Å². The Labute approximate surface area is 122 Å². The van der Waals surface area contributed by atoms with E-state index in [1.54, 1.807) is 6.92 Å². The lowest BCUT2D eigenvalue weighted by molar-refractivity contribution is 0.0529. The summed E-state index contributed by atoms with van der Waals surface area (Å²) in [4.78, 5) is 24.6. The SMILES string of the molecule is CCOC(=O)c1sc(C(=O)OC)c(N)c1C1CCCC1. The Morgan fingerprint density at radius 3 is 2.45 bits per heavy atom. The van der Waals surface area contributed by atoms with Gasteiger partial charge >= 0.3 is 11.9 Å². The first-order valence-corrected chi connectivity index (χ1v) is 7.59. The van der Waals surface area contributed by atoms with Crippen LogP contribution in [0.3, 0.4) is 0 Å². The highest BCUT2D eigenvalue weighted by molar-refractivity contribution is 7.16. The van der Waals surface area contributed by atoms with Crippen molar-refractivity contribution in [2.75, 3.05) is 19.5 Å². The van der Waals surface area contributed by atoms with Gasteiger partial charge in [-0.3, -0.25) is 0 Å². The van der Waals surface area contributed by atoms with E-state index < -0.39 is 11.9 Å². The smallest absolute Gasteiger partial charge is 0.350 e. The third-order valence-electron chi connectivity index (χ3n) is 3.58. The number of carbonyl (C=O) groups excluding carboxylic acids is 2. The van der Waals surface area contributed by atoms with Crippen molar-refractivity contribution in [3.63, 3.8) is 0 Å². The molecule has 0 aromatic carbocycles. The largest absolute Gasteiger partial charge is 0.465 e. The first-order chi connectivity index (χ1) is 9.60. The maximum atomic E-state index is 12.1. The Hall–Kier alpha value is -1.56. The molecule has 1 saturated carbocycles. The molecule has 0 saturated heterocycles. The molecule has 2 rings (SSSR count). The van der Waals surface area contributed by atoms with Crippen LogP contribution in [0.4, 0.5) is 5.69 Å². The molecule has 1 aromatic rings. The highest BCUT2D eigenvalue weighted by Gasteiger charge is 2.31. The van der Waals surface area contributed by atoms with Crippen molar-refractivity contribution >= 4 is 29.0 Å². The highest BCUT2D eigenvalue weighted by Crippen LogP contribution is 2.44.